The van der Waals surface area contributed by atoms with Crippen LogP contribution in [-0.4, -0.2) is 67.2 Å². The van der Waals surface area contributed by atoms with Crippen LogP contribution in [0.5, 0.6) is 23.0 Å². The number of hydrogen-bond donors (Lipinski definition) is 4. The molecule has 17 heteroatoms. The third kappa shape index (κ3) is 13.6. The number of rotatable bonds is 20. The lowest BCUT2D eigenvalue weighted by molar-refractivity contribution is -0.140. The van der Waals surface area contributed by atoms with E-state index in [1.807, 2.05) is 0 Å². The highest BCUT2D eigenvalue weighted by atomic mass is 32.2. The molecular formula is C44H40N2O14S. The van der Waals surface area contributed by atoms with Crippen molar-refractivity contribution in [3.05, 3.63) is 145 Å². The molecule has 4 N–H and O–H groups in total. The number of Topliss-reactive ketones (excluding diaryl/α,β-unsaturated/α-hetero) is 2. The molecule has 0 heterocycles. The van der Waals surface area contributed by atoms with E-state index in [0.29, 0.717) is 12.2 Å². The number of sulfone groups is 1. The SMILES string of the molecule is C=C(C)C(=O)OCCC(=O)/C(O)=C/C(=O)Nc1ccccc1Oc1ccc(S(=O)(=O)c2ccc(Oc3ccccc3NC(=O)/C=C(\O)C(=O)CCOC(=O)C(=C)C)cc2)cc1. The summed E-state index contributed by atoms with van der Waals surface area (Å²) in [5.74, 6) is -5.72. The van der Waals surface area contributed by atoms with Crippen LogP contribution in [0.25, 0.3) is 0 Å². The zero-order valence-electron chi connectivity index (χ0n) is 32.8. The van der Waals surface area contributed by atoms with E-state index in [-0.39, 0.29) is 81.4 Å². The highest BCUT2D eigenvalue weighted by Gasteiger charge is 2.20. The average Bonchev–Trinajstić information content (AvgIpc) is 3.22. The summed E-state index contributed by atoms with van der Waals surface area (Å²) < 4.78 is 48.4. The van der Waals surface area contributed by atoms with Gasteiger partial charge in [-0.3, -0.25) is 19.2 Å². The summed E-state index contributed by atoms with van der Waals surface area (Å²) in [4.78, 5) is 72.3. The maximum Gasteiger partial charge on any atom is 0.333 e. The van der Waals surface area contributed by atoms with Crippen molar-refractivity contribution >= 4 is 56.5 Å². The number of ether oxygens (including phenoxy) is 4. The Kier molecular flexibility index (Phi) is 16.0. The van der Waals surface area contributed by atoms with Crippen LogP contribution in [0.1, 0.15) is 26.7 Å². The molecule has 0 atom stereocenters. The van der Waals surface area contributed by atoms with Crippen molar-refractivity contribution < 1.29 is 66.3 Å². The Morgan fingerprint density at radius 2 is 0.918 bits per heavy atom. The molecule has 0 spiro atoms. The van der Waals surface area contributed by atoms with Crippen LogP contribution in [-0.2, 0) is 48.1 Å². The number of anilines is 2. The molecule has 0 aromatic heterocycles. The first-order valence-corrected chi connectivity index (χ1v) is 19.6. The van der Waals surface area contributed by atoms with E-state index in [1.54, 1.807) is 24.3 Å². The van der Waals surface area contributed by atoms with E-state index in [9.17, 15) is 47.4 Å². The van der Waals surface area contributed by atoms with Gasteiger partial charge in [0.15, 0.2) is 23.0 Å². The smallest absolute Gasteiger partial charge is 0.333 e. The van der Waals surface area contributed by atoms with Crippen LogP contribution in [0.15, 0.2) is 155 Å². The number of allylic oxidation sites excluding steroid dienone is 2. The Balaban J connectivity index is 1.36. The summed E-state index contributed by atoms with van der Waals surface area (Å²) in [6.45, 7) is 9.09. The number of carbonyl (C=O) groups excluding carboxylic acids is 6. The Hall–Kier alpha value is -7.79. The molecule has 4 aromatic carbocycles. The second-order valence-electron chi connectivity index (χ2n) is 12.9. The van der Waals surface area contributed by atoms with Gasteiger partial charge in [-0.2, -0.15) is 0 Å². The minimum Gasteiger partial charge on any atom is -0.504 e. The second kappa shape index (κ2) is 21.3. The maximum atomic E-state index is 13.5. The van der Waals surface area contributed by atoms with Crippen LogP contribution >= 0.6 is 0 Å². The first-order valence-electron chi connectivity index (χ1n) is 18.1. The molecule has 2 amide bonds. The fourth-order valence-corrected chi connectivity index (χ4v) is 6.06. The summed E-state index contributed by atoms with van der Waals surface area (Å²) in [6.07, 6.45) is 0.625. The third-order valence-electron chi connectivity index (χ3n) is 7.94. The van der Waals surface area contributed by atoms with E-state index < -0.39 is 56.7 Å². The first-order chi connectivity index (χ1) is 28.9. The molecule has 0 saturated carbocycles. The van der Waals surface area contributed by atoms with Crippen molar-refractivity contribution in [2.24, 2.45) is 0 Å². The molecular weight excluding hydrogens is 813 g/mol. The van der Waals surface area contributed by atoms with Gasteiger partial charge < -0.3 is 39.8 Å². The Bertz CT molecular complexity index is 2350. The van der Waals surface area contributed by atoms with Crippen molar-refractivity contribution in [3.8, 4) is 23.0 Å². The number of nitrogens with one attached hydrogen (secondary N) is 2. The van der Waals surface area contributed by atoms with Crippen molar-refractivity contribution in [3.63, 3.8) is 0 Å². The first kappa shape index (κ1) is 45.9. The average molecular weight is 853 g/mol. The number of carbonyl (C=O) groups is 6. The highest BCUT2D eigenvalue weighted by Crippen LogP contribution is 2.33. The van der Waals surface area contributed by atoms with Crippen LogP contribution in [0.3, 0.4) is 0 Å². The molecule has 0 aliphatic rings. The number of ketones is 2. The largest absolute Gasteiger partial charge is 0.504 e. The lowest BCUT2D eigenvalue weighted by Gasteiger charge is -2.13. The maximum absolute atomic E-state index is 13.5. The van der Waals surface area contributed by atoms with Gasteiger partial charge in [0.25, 0.3) is 11.8 Å². The van der Waals surface area contributed by atoms with E-state index in [2.05, 4.69) is 23.8 Å². The normalized spacial score (nSPS) is 11.4. The number of hydrogen-bond acceptors (Lipinski definition) is 14. The summed E-state index contributed by atoms with van der Waals surface area (Å²) in [7, 11) is -4.03. The molecule has 0 saturated heterocycles. The topological polar surface area (TPSA) is 238 Å². The van der Waals surface area contributed by atoms with Crippen LogP contribution in [0.4, 0.5) is 11.4 Å². The molecule has 4 aromatic rings. The van der Waals surface area contributed by atoms with Crippen molar-refractivity contribution in [1.29, 1.82) is 0 Å². The lowest BCUT2D eigenvalue weighted by Crippen LogP contribution is -2.14. The van der Waals surface area contributed by atoms with Crippen LogP contribution < -0.4 is 20.1 Å². The molecule has 0 radical (unpaired) electrons. The number of aliphatic hydroxyl groups excluding tert-OH is 2. The molecule has 316 valence electrons. The number of para-hydroxylation sites is 4. The molecule has 0 unspecified atom stereocenters. The zero-order valence-corrected chi connectivity index (χ0v) is 33.7. The number of benzene rings is 4. The van der Waals surface area contributed by atoms with Gasteiger partial charge in [0, 0.05) is 36.1 Å². The summed E-state index contributed by atoms with van der Waals surface area (Å²) >= 11 is 0. The van der Waals surface area contributed by atoms with Crippen LogP contribution in [0, 0.1) is 0 Å². The molecule has 0 aliphatic heterocycles. The predicted molar refractivity (Wildman–Crippen MR) is 221 cm³/mol. The number of amides is 2. The fraction of sp³-hybridized carbons (Fsp3) is 0.136. The van der Waals surface area contributed by atoms with Gasteiger partial charge >= 0.3 is 11.9 Å². The minimum absolute atomic E-state index is 0.0644. The van der Waals surface area contributed by atoms with E-state index in [0.717, 1.165) is 0 Å². The third-order valence-corrected chi connectivity index (χ3v) is 9.73. The summed E-state index contributed by atoms with van der Waals surface area (Å²) in [5, 5.41) is 25.1. The van der Waals surface area contributed by atoms with Gasteiger partial charge in [0.05, 0.1) is 34.4 Å². The molecule has 0 aliphatic carbocycles. The Morgan fingerprint density at radius 1 is 0.574 bits per heavy atom. The fourth-order valence-electron chi connectivity index (χ4n) is 4.80. The highest BCUT2D eigenvalue weighted by molar-refractivity contribution is 7.91. The van der Waals surface area contributed by atoms with Crippen molar-refractivity contribution in [2.75, 3.05) is 23.8 Å². The van der Waals surface area contributed by atoms with Crippen molar-refractivity contribution in [2.45, 2.75) is 36.5 Å². The summed E-state index contributed by atoms with van der Waals surface area (Å²) in [5.41, 5.74) is 0.622. The Morgan fingerprint density at radius 3 is 1.26 bits per heavy atom. The van der Waals surface area contributed by atoms with Gasteiger partial charge in [-0.05, 0) is 86.6 Å². The van der Waals surface area contributed by atoms with E-state index in [4.69, 9.17) is 18.9 Å². The van der Waals surface area contributed by atoms with Gasteiger partial charge in [-0.15, -0.1) is 0 Å². The second-order valence-corrected chi connectivity index (χ2v) is 14.8. The van der Waals surface area contributed by atoms with Gasteiger partial charge in [0.2, 0.25) is 21.4 Å². The lowest BCUT2D eigenvalue weighted by atomic mass is 10.2. The molecule has 0 fully saturated rings. The van der Waals surface area contributed by atoms with Gasteiger partial charge in [-0.1, -0.05) is 37.4 Å². The van der Waals surface area contributed by atoms with Gasteiger partial charge in [0.1, 0.15) is 11.5 Å². The summed E-state index contributed by atoms with van der Waals surface area (Å²) in [6, 6.07) is 23.5. The van der Waals surface area contributed by atoms with Crippen molar-refractivity contribution in [1.82, 2.24) is 0 Å². The molecule has 4 rings (SSSR count). The zero-order chi connectivity index (χ0) is 44.7. The monoisotopic (exact) mass is 852 g/mol. The quantitative estimate of drug-likeness (QED) is 0.0397. The predicted octanol–water partition coefficient (Wildman–Crippen LogP) is 7.02. The van der Waals surface area contributed by atoms with Gasteiger partial charge in [-0.25, -0.2) is 18.0 Å². The molecule has 61 heavy (non-hydrogen) atoms. The number of aliphatic hydroxyl groups is 2. The van der Waals surface area contributed by atoms with Crippen LogP contribution in [0.2, 0.25) is 0 Å². The minimum atomic E-state index is -4.03. The standard InChI is InChI=1S/C44H40N2O14S/c1-27(2)43(53)57-23-21-35(47)37(49)25-41(51)45-33-9-5-7-11-39(33)59-29-13-17-31(18-14-29)61(55,56)32-19-15-30(16-20-32)60-40-12-8-6-10-34(40)46-42(52)26-38(50)36(48)22-24-58-44(54)28(3)4/h5-20,25-26,49-50H,1,3,21-24H2,2,4H3,(H,45,51)(H,46,52)/b37-25-,38-26-. The van der Waals surface area contributed by atoms with E-state index >= 15 is 0 Å². The Labute approximate surface area is 350 Å². The molecule has 16 nitrogen and oxygen atoms in total. The number of esters is 2. The molecule has 0 bridgehead atoms. The van der Waals surface area contributed by atoms with E-state index in [1.165, 1.54) is 86.6 Å².